The van der Waals surface area contributed by atoms with E-state index in [1.807, 2.05) is 0 Å². The van der Waals surface area contributed by atoms with Crippen molar-refractivity contribution in [1.82, 2.24) is 0 Å². The Balaban J connectivity index is 1.70. The highest BCUT2D eigenvalue weighted by Gasteiger charge is 2.22. The molecule has 1 heterocycles. The second kappa shape index (κ2) is 6.44. The summed E-state index contributed by atoms with van der Waals surface area (Å²) in [5, 5.41) is 16.7. The Morgan fingerprint density at radius 2 is 1.19 bits per heavy atom. The van der Waals surface area contributed by atoms with Crippen LogP contribution >= 0.6 is 0 Å². The van der Waals surface area contributed by atoms with Crippen LogP contribution in [0.1, 0.15) is 0 Å². The van der Waals surface area contributed by atoms with Crippen molar-refractivity contribution in [1.29, 1.82) is 0 Å². The van der Waals surface area contributed by atoms with E-state index in [0.29, 0.717) is 6.10 Å². The van der Waals surface area contributed by atoms with E-state index < -0.39 is 0 Å². The van der Waals surface area contributed by atoms with Crippen molar-refractivity contribution in [2.45, 2.75) is 6.10 Å². The Labute approximate surface area is 180 Å². The summed E-state index contributed by atoms with van der Waals surface area (Å²) in [6, 6.07) is 33.3. The molecule has 0 spiro atoms. The summed E-state index contributed by atoms with van der Waals surface area (Å²) < 4.78 is 5.43. The molecule has 1 unspecified atom stereocenters. The highest BCUT2D eigenvalue weighted by Crippen LogP contribution is 2.43. The average molecular weight is 399 g/mol. The van der Waals surface area contributed by atoms with E-state index in [4.69, 9.17) is 4.74 Å². The molecule has 0 aromatic heterocycles. The van der Waals surface area contributed by atoms with Crippen LogP contribution in [-0.2, 0) is 4.74 Å². The molecule has 148 valence electrons. The fourth-order valence-electron chi connectivity index (χ4n) is 5.14. The van der Waals surface area contributed by atoms with Crippen LogP contribution in [0.25, 0.3) is 53.9 Å². The van der Waals surface area contributed by atoms with E-state index in [9.17, 15) is 0 Å². The second-order valence-corrected chi connectivity index (χ2v) is 8.48. The minimum absolute atomic E-state index is 0.345. The van der Waals surface area contributed by atoms with Gasteiger partial charge in [0.15, 0.2) is 0 Å². The molecule has 6 aromatic carbocycles. The molecule has 0 radical (unpaired) electrons. The second-order valence-electron chi connectivity index (χ2n) is 8.48. The highest BCUT2D eigenvalue weighted by molar-refractivity contribution is 6.36. The molecule has 1 aliphatic heterocycles. The van der Waals surface area contributed by atoms with E-state index in [-0.39, 0.29) is 0 Å². The van der Waals surface area contributed by atoms with Crippen molar-refractivity contribution in [3.05, 3.63) is 91.0 Å². The van der Waals surface area contributed by atoms with Gasteiger partial charge in [-0.05, 0) is 54.5 Å². The predicted molar refractivity (Wildman–Crippen MR) is 132 cm³/mol. The van der Waals surface area contributed by atoms with Crippen LogP contribution in [0.5, 0.6) is 0 Å². The number of anilines is 1. The lowest BCUT2D eigenvalue weighted by molar-refractivity contribution is 0.417. The van der Waals surface area contributed by atoms with E-state index in [2.05, 4.69) is 96.3 Å². The highest BCUT2D eigenvalue weighted by atomic mass is 16.6. The Hall–Kier alpha value is -3.62. The summed E-state index contributed by atoms with van der Waals surface area (Å²) in [7, 11) is 0. The summed E-state index contributed by atoms with van der Waals surface area (Å²) in [6.07, 6.45) is 0.345. The van der Waals surface area contributed by atoms with Crippen LogP contribution in [0, 0.1) is 0 Å². The standard InChI is InChI=1S/C29H21NO/c1-2-7-21-18(6-1)12-13-19-14-15-25-23-10-5-11-26(30-16-20-17-31-20)28(23)22-8-3-4-9-24(22)29(25)27(19)21/h1-15,20,30H,16-17H2. The molecular formula is C29H21NO. The molecule has 1 N–H and O–H groups in total. The Bertz CT molecular complexity index is 1620. The van der Waals surface area contributed by atoms with Gasteiger partial charge >= 0.3 is 0 Å². The van der Waals surface area contributed by atoms with Gasteiger partial charge in [-0.15, -0.1) is 0 Å². The van der Waals surface area contributed by atoms with Gasteiger partial charge in [-0.3, -0.25) is 0 Å². The van der Waals surface area contributed by atoms with Gasteiger partial charge in [0.2, 0.25) is 0 Å². The van der Waals surface area contributed by atoms with Gasteiger partial charge in [0, 0.05) is 17.6 Å². The largest absolute Gasteiger partial charge is 0.382 e. The summed E-state index contributed by atoms with van der Waals surface area (Å²) in [5.41, 5.74) is 1.18. The number of fused-ring (bicyclic) bond motifs is 10. The Morgan fingerprint density at radius 1 is 0.581 bits per heavy atom. The van der Waals surface area contributed by atoms with Crippen molar-refractivity contribution in [3.63, 3.8) is 0 Å². The molecule has 0 amide bonds. The minimum Gasteiger partial charge on any atom is -0.382 e. The van der Waals surface area contributed by atoms with Crippen molar-refractivity contribution in [2.75, 3.05) is 18.5 Å². The number of nitrogens with one attached hydrogen (secondary N) is 1. The van der Waals surface area contributed by atoms with Crippen LogP contribution in [0.2, 0.25) is 0 Å². The molecule has 1 atom stereocenters. The topological polar surface area (TPSA) is 24.6 Å². The molecule has 31 heavy (non-hydrogen) atoms. The molecule has 1 aliphatic rings. The molecule has 1 fully saturated rings. The molecule has 6 aromatic rings. The van der Waals surface area contributed by atoms with Crippen LogP contribution in [0.3, 0.4) is 0 Å². The van der Waals surface area contributed by atoms with Crippen molar-refractivity contribution in [3.8, 4) is 0 Å². The predicted octanol–water partition coefficient (Wildman–Crippen LogP) is 7.26. The molecule has 1 saturated heterocycles. The van der Waals surface area contributed by atoms with Gasteiger partial charge < -0.3 is 10.1 Å². The third-order valence-electron chi connectivity index (χ3n) is 6.65. The summed E-state index contributed by atoms with van der Waals surface area (Å²) in [5.74, 6) is 0. The molecular weight excluding hydrogens is 378 g/mol. The van der Waals surface area contributed by atoms with Gasteiger partial charge in [0.25, 0.3) is 0 Å². The van der Waals surface area contributed by atoms with Gasteiger partial charge in [0.1, 0.15) is 0 Å². The molecule has 2 heteroatoms. The van der Waals surface area contributed by atoms with Crippen LogP contribution < -0.4 is 5.32 Å². The monoisotopic (exact) mass is 399 g/mol. The first kappa shape index (κ1) is 17.1. The van der Waals surface area contributed by atoms with Crippen LogP contribution in [-0.4, -0.2) is 19.3 Å². The normalized spacial score (nSPS) is 15.9. The van der Waals surface area contributed by atoms with E-state index >= 15 is 0 Å². The summed E-state index contributed by atoms with van der Waals surface area (Å²) >= 11 is 0. The SMILES string of the molecule is c1ccc2c(c1)ccc1ccc3c4cccc(NCC5CO5)c4c4ccccc4c3c12. The zero-order chi connectivity index (χ0) is 20.4. The van der Waals surface area contributed by atoms with Crippen molar-refractivity contribution < 1.29 is 4.74 Å². The minimum atomic E-state index is 0.345. The number of rotatable bonds is 3. The quantitative estimate of drug-likeness (QED) is 0.250. The van der Waals surface area contributed by atoms with Gasteiger partial charge in [-0.1, -0.05) is 84.9 Å². The lowest BCUT2D eigenvalue weighted by Crippen LogP contribution is -2.08. The lowest BCUT2D eigenvalue weighted by atomic mass is 9.89. The maximum Gasteiger partial charge on any atom is 0.0981 e. The fourth-order valence-corrected chi connectivity index (χ4v) is 5.14. The first-order valence-corrected chi connectivity index (χ1v) is 10.9. The maximum atomic E-state index is 5.43. The Morgan fingerprint density at radius 3 is 2.00 bits per heavy atom. The maximum absolute atomic E-state index is 5.43. The average Bonchev–Trinajstić information content (AvgIpc) is 3.66. The van der Waals surface area contributed by atoms with E-state index in [1.165, 1.54) is 59.5 Å². The first-order valence-electron chi connectivity index (χ1n) is 10.9. The zero-order valence-electron chi connectivity index (χ0n) is 17.1. The van der Waals surface area contributed by atoms with Crippen LogP contribution in [0.4, 0.5) is 5.69 Å². The van der Waals surface area contributed by atoms with Gasteiger partial charge in [-0.2, -0.15) is 0 Å². The fraction of sp³-hybridized carbons (Fsp3) is 0.103. The lowest BCUT2D eigenvalue weighted by Gasteiger charge is -2.17. The number of hydrogen-bond acceptors (Lipinski definition) is 2. The first-order chi connectivity index (χ1) is 15.4. The number of ether oxygens (including phenoxy) is 1. The van der Waals surface area contributed by atoms with Crippen molar-refractivity contribution >= 4 is 59.5 Å². The molecule has 7 rings (SSSR count). The van der Waals surface area contributed by atoms with Crippen molar-refractivity contribution in [2.24, 2.45) is 0 Å². The zero-order valence-corrected chi connectivity index (χ0v) is 17.1. The molecule has 2 nitrogen and oxygen atoms in total. The molecule has 0 bridgehead atoms. The van der Waals surface area contributed by atoms with Crippen LogP contribution in [0.15, 0.2) is 91.0 Å². The summed E-state index contributed by atoms with van der Waals surface area (Å²) in [6.45, 7) is 1.72. The van der Waals surface area contributed by atoms with E-state index in [1.54, 1.807) is 0 Å². The number of epoxide rings is 1. The molecule has 0 saturated carbocycles. The number of hydrogen-bond donors (Lipinski definition) is 1. The van der Waals surface area contributed by atoms with E-state index in [0.717, 1.165) is 13.2 Å². The molecule has 0 aliphatic carbocycles. The Kier molecular flexibility index (Phi) is 3.55. The van der Waals surface area contributed by atoms with Gasteiger partial charge in [0.05, 0.1) is 12.7 Å². The third kappa shape index (κ3) is 2.55. The van der Waals surface area contributed by atoms with Gasteiger partial charge in [-0.25, -0.2) is 0 Å². The summed E-state index contributed by atoms with van der Waals surface area (Å²) in [4.78, 5) is 0. The third-order valence-corrected chi connectivity index (χ3v) is 6.65. The smallest absolute Gasteiger partial charge is 0.0981 e. The number of benzene rings is 6.